The van der Waals surface area contributed by atoms with Crippen molar-refractivity contribution < 1.29 is 9.53 Å². The summed E-state index contributed by atoms with van der Waals surface area (Å²) in [6.07, 6.45) is 16.0. The minimum Gasteiger partial charge on any atom is -0.462 e. The average Bonchev–Trinajstić information content (AvgIpc) is 3.23. The largest absolute Gasteiger partial charge is 0.462 e. The molecule has 0 aromatic carbocycles. The number of nitrogens with zero attached hydrogens (tertiary/aromatic N) is 1. The number of piperidine rings is 1. The lowest BCUT2D eigenvalue weighted by Gasteiger charge is -2.38. The van der Waals surface area contributed by atoms with E-state index in [0.29, 0.717) is 18.5 Å². The molecule has 3 nitrogen and oxygen atoms in total. The Morgan fingerprint density at radius 2 is 1.86 bits per heavy atom. The number of hydrogen-bond acceptors (Lipinski definition) is 3. The topological polar surface area (TPSA) is 29.5 Å². The maximum absolute atomic E-state index is 11.9. The van der Waals surface area contributed by atoms with Crippen LogP contribution in [0.4, 0.5) is 0 Å². The number of carbonyl (C=O) groups is 1. The Labute approximate surface area is 128 Å². The van der Waals surface area contributed by atoms with Gasteiger partial charge in [-0.05, 0) is 44.4 Å². The summed E-state index contributed by atoms with van der Waals surface area (Å²) in [6, 6.07) is 1.34. The van der Waals surface area contributed by atoms with Crippen LogP contribution in [-0.4, -0.2) is 35.6 Å². The van der Waals surface area contributed by atoms with Crippen LogP contribution in [0, 0.1) is 18.3 Å². The number of terminal acetylenes is 1. The summed E-state index contributed by atoms with van der Waals surface area (Å²) in [5.74, 6) is 3.55. The summed E-state index contributed by atoms with van der Waals surface area (Å²) >= 11 is 0. The van der Waals surface area contributed by atoms with Gasteiger partial charge < -0.3 is 4.74 Å². The Balaban J connectivity index is 1.40. The number of rotatable bonds is 7. The Morgan fingerprint density at radius 1 is 1.14 bits per heavy atom. The molecule has 0 spiro atoms. The molecule has 3 rings (SSSR count). The highest BCUT2D eigenvalue weighted by Crippen LogP contribution is 2.40. The van der Waals surface area contributed by atoms with Crippen LogP contribution in [0.25, 0.3) is 0 Å². The number of unbranched alkanes of at least 4 members (excludes halogenated alkanes) is 2. The van der Waals surface area contributed by atoms with E-state index in [1.54, 1.807) is 0 Å². The fraction of sp³-hybridized carbons (Fsp3) is 0.833. The second-order valence-corrected chi connectivity index (χ2v) is 7.02. The van der Waals surface area contributed by atoms with E-state index in [1.165, 1.54) is 32.2 Å². The minimum atomic E-state index is -0.0212. The monoisotopic (exact) mass is 289 g/mol. The summed E-state index contributed by atoms with van der Waals surface area (Å²) in [5, 5.41) is 0. The van der Waals surface area contributed by atoms with Gasteiger partial charge in [-0.2, -0.15) is 0 Å². The van der Waals surface area contributed by atoms with Gasteiger partial charge in [0.05, 0.1) is 0 Å². The van der Waals surface area contributed by atoms with Crippen molar-refractivity contribution >= 4 is 5.97 Å². The van der Waals surface area contributed by atoms with Crippen LogP contribution in [0.1, 0.15) is 64.2 Å². The van der Waals surface area contributed by atoms with Crippen molar-refractivity contribution in [1.82, 2.24) is 4.90 Å². The van der Waals surface area contributed by atoms with Crippen LogP contribution in [0.3, 0.4) is 0 Å². The fourth-order valence-corrected chi connectivity index (χ4v) is 3.96. The summed E-state index contributed by atoms with van der Waals surface area (Å²) < 4.78 is 5.70. The first kappa shape index (κ1) is 14.9. The van der Waals surface area contributed by atoms with Gasteiger partial charge in [0.1, 0.15) is 6.10 Å². The van der Waals surface area contributed by atoms with Crippen LogP contribution in [0.5, 0.6) is 0 Å². The van der Waals surface area contributed by atoms with E-state index >= 15 is 0 Å². The van der Waals surface area contributed by atoms with Gasteiger partial charge in [0, 0.05) is 44.3 Å². The zero-order valence-corrected chi connectivity index (χ0v) is 12.9. The standard InChI is InChI=1S/C18H27NO2/c1-2-3-4-5-6-18(20)21-17-11-15-9-10-16(12-17)19(15)13-14-7-8-14/h1,14-17H,3-13H2. The number of carbonyl (C=O) groups excluding carboxylic acids is 1. The van der Waals surface area contributed by atoms with E-state index in [9.17, 15) is 4.79 Å². The molecule has 2 aliphatic heterocycles. The fourth-order valence-electron chi connectivity index (χ4n) is 3.96. The van der Waals surface area contributed by atoms with Crippen LogP contribution in [0.2, 0.25) is 0 Å². The van der Waals surface area contributed by atoms with E-state index in [4.69, 9.17) is 11.2 Å². The van der Waals surface area contributed by atoms with Gasteiger partial charge >= 0.3 is 5.97 Å². The van der Waals surface area contributed by atoms with Crippen molar-refractivity contribution in [3.8, 4) is 12.3 Å². The van der Waals surface area contributed by atoms with Crippen LogP contribution < -0.4 is 0 Å². The van der Waals surface area contributed by atoms with E-state index in [2.05, 4.69) is 10.8 Å². The maximum atomic E-state index is 11.9. The van der Waals surface area contributed by atoms with Gasteiger partial charge in [0.25, 0.3) is 0 Å². The smallest absolute Gasteiger partial charge is 0.306 e. The Bertz CT molecular complexity index is 396. The Hall–Kier alpha value is -1.01. The van der Waals surface area contributed by atoms with Crippen molar-refractivity contribution in [2.75, 3.05) is 6.54 Å². The van der Waals surface area contributed by atoms with Crippen molar-refractivity contribution in [3.63, 3.8) is 0 Å². The molecule has 0 aromatic heterocycles. The summed E-state index contributed by atoms with van der Waals surface area (Å²) in [7, 11) is 0. The van der Waals surface area contributed by atoms with Gasteiger partial charge in [-0.1, -0.05) is 0 Å². The third-order valence-corrected chi connectivity index (χ3v) is 5.26. The molecule has 1 saturated carbocycles. The van der Waals surface area contributed by atoms with Gasteiger partial charge in [-0.25, -0.2) is 0 Å². The molecule has 3 heteroatoms. The van der Waals surface area contributed by atoms with Gasteiger partial charge in [0.2, 0.25) is 0 Å². The highest BCUT2D eigenvalue weighted by molar-refractivity contribution is 5.69. The lowest BCUT2D eigenvalue weighted by atomic mass is 9.99. The zero-order valence-electron chi connectivity index (χ0n) is 12.9. The molecular weight excluding hydrogens is 262 g/mol. The third-order valence-electron chi connectivity index (χ3n) is 5.26. The predicted octanol–water partition coefficient (Wildman–Crippen LogP) is 3.13. The molecule has 0 radical (unpaired) electrons. The van der Waals surface area contributed by atoms with E-state index in [0.717, 1.165) is 38.0 Å². The van der Waals surface area contributed by atoms with Gasteiger partial charge in [-0.3, -0.25) is 9.69 Å². The van der Waals surface area contributed by atoms with Crippen LogP contribution in [0.15, 0.2) is 0 Å². The highest BCUT2D eigenvalue weighted by Gasteiger charge is 2.43. The summed E-state index contributed by atoms with van der Waals surface area (Å²) in [5.41, 5.74) is 0. The molecule has 116 valence electrons. The molecule has 2 heterocycles. The van der Waals surface area contributed by atoms with E-state index in [1.807, 2.05) is 0 Å². The quantitative estimate of drug-likeness (QED) is 0.410. The Morgan fingerprint density at radius 3 is 2.48 bits per heavy atom. The first-order valence-corrected chi connectivity index (χ1v) is 8.65. The first-order chi connectivity index (χ1) is 10.3. The van der Waals surface area contributed by atoms with E-state index < -0.39 is 0 Å². The lowest BCUT2D eigenvalue weighted by molar-refractivity contribution is -0.152. The van der Waals surface area contributed by atoms with Crippen LogP contribution in [-0.2, 0) is 9.53 Å². The summed E-state index contributed by atoms with van der Waals surface area (Å²) in [6.45, 7) is 1.29. The molecule has 3 aliphatic rings. The molecule has 1 aliphatic carbocycles. The number of esters is 1. The normalized spacial score (nSPS) is 31.9. The molecule has 0 aromatic rings. The first-order valence-electron chi connectivity index (χ1n) is 8.65. The zero-order chi connectivity index (χ0) is 14.7. The van der Waals surface area contributed by atoms with Crippen molar-refractivity contribution in [2.45, 2.75) is 82.4 Å². The lowest BCUT2D eigenvalue weighted by Crippen LogP contribution is -2.46. The molecule has 0 N–H and O–H groups in total. The molecule has 2 bridgehead atoms. The van der Waals surface area contributed by atoms with Gasteiger partial charge in [-0.15, -0.1) is 12.3 Å². The molecule has 2 saturated heterocycles. The second kappa shape index (κ2) is 6.83. The molecule has 2 unspecified atom stereocenters. The second-order valence-electron chi connectivity index (χ2n) is 7.02. The van der Waals surface area contributed by atoms with E-state index in [-0.39, 0.29) is 12.1 Å². The van der Waals surface area contributed by atoms with Crippen LogP contribution >= 0.6 is 0 Å². The molecule has 2 atom stereocenters. The Kier molecular flexibility index (Phi) is 4.85. The minimum absolute atomic E-state index is 0.0212. The maximum Gasteiger partial charge on any atom is 0.306 e. The summed E-state index contributed by atoms with van der Waals surface area (Å²) in [4.78, 5) is 14.6. The van der Waals surface area contributed by atoms with Gasteiger partial charge in [0.15, 0.2) is 0 Å². The number of hydrogen-bond donors (Lipinski definition) is 0. The number of fused-ring (bicyclic) bond motifs is 2. The average molecular weight is 289 g/mol. The van der Waals surface area contributed by atoms with Crippen molar-refractivity contribution in [3.05, 3.63) is 0 Å². The molecular formula is C18H27NO2. The number of ether oxygens (including phenoxy) is 1. The predicted molar refractivity (Wildman–Crippen MR) is 82.7 cm³/mol. The third kappa shape index (κ3) is 4.01. The molecule has 3 fully saturated rings. The van der Waals surface area contributed by atoms with Crippen molar-refractivity contribution in [1.29, 1.82) is 0 Å². The van der Waals surface area contributed by atoms with Crippen molar-refractivity contribution in [2.24, 2.45) is 5.92 Å². The molecule has 0 amide bonds. The molecule has 21 heavy (non-hydrogen) atoms. The SMILES string of the molecule is C#CCCCCC(=O)OC1CC2CCC(C1)N2CC1CC1. The highest BCUT2D eigenvalue weighted by atomic mass is 16.5.